The fourth-order valence-corrected chi connectivity index (χ4v) is 3.57. The standard InChI is InChI=1S/C21H23BrClNO3/c1-4-7-24-21(26)12-27-15-10-18(22)17(19(23)11-15)9-14-5-6-20(25)16(8-14)13(2)3/h4-6,8,10-11,13,25H,1,7,9,12H2,2-3H3,(H,24,26). The normalized spacial score (nSPS) is 10.7. The molecule has 0 aliphatic carbocycles. The number of halogens is 2. The van der Waals surface area contributed by atoms with E-state index in [4.69, 9.17) is 16.3 Å². The molecule has 2 aromatic rings. The van der Waals surface area contributed by atoms with E-state index in [9.17, 15) is 9.90 Å². The number of hydrogen-bond acceptors (Lipinski definition) is 3. The molecular weight excluding hydrogens is 430 g/mol. The van der Waals surface area contributed by atoms with Gasteiger partial charge in [-0.15, -0.1) is 6.58 Å². The quantitative estimate of drug-likeness (QED) is 0.541. The zero-order valence-electron chi connectivity index (χ0n) is 15.4. The van der Waals surface area contributed by atoms with Gasteiger partial charge < -0.3 is 15.2 Å². The molecule has 0 saturated heterocycles. The van der Waals surface area contributed by atoms with Gasteiger partial charge in [0.2, 0.25) is 0 Å². The maximum absolute atomic E-state index is 11.6. The zero-order valence-corrected chi connectivity index (χ0v) is 17.7. The molecule has 0 bridgehead atoms. The Morgan fingerprint density at radius 3 is 2.74 bits per heavy atom. The number of amides is 1. The van der Waals surface area contributed by atoms with Crippen molar-refractivity contribution < 1.29 is 14.6 Å². The fourth-order valence-electron chi connectivity index (χ4n) is 2.60. The average Bonchev–Trinajstić information content (AvgIpc) is 2.62. The summed E-state index contributed by atoms with van der Waals surface area (Å²) in [5.74, 6) is 0.818. The highest BCUT2D eigenvalue weighted by Crippen LogP contribution is 2.34. The van der Waals surface area contributed by atoms with E-state index in [1.54, 1.807) is 24.3 Å². The van der Waals surface area contributed by atoms with Gasteiger partial charge in [0.05, 0.1) is 0 Å². The van der Waals surface area contributed by atoms with Crippen LogP contribution in [0, 0.1) is 0 Å². The number of aromatic hydroxyl groups is 1. The van der Waals surface area contributed by atoms with Crippen LogP contribution in [0.4, 0.5) is 0 Å². The van der Waals surface area contributed by atoms with E-state index in [2.05, 4.69) is 27.8 Å². The van der Waals surface area contributed by atoms with Crippen LogP contribution in [0.15, 0.2) is 47.5 Å². The second-order valence-electron chi connectivity index (χ2n) is 6.47. The van der Waals surface area contributed by atoms with Gasteiger partial charge >= 0.3 is 0 Å². The molecule has 0 atom stereocenters. The molecule has 0 aliphatic heterocycles. The molecule has 4 nitrogen and oxygen atoms in total. The van der Waals surface area contributed by atoms with Crippen molar-refractivity contribution in [1.82, 2.24) is 5.32 Å². The van der Waals surface area contributed by atoms with E-state index >= 15 is 0 Å². The Balaban J connectivity index is 2.14. The minimum absolute atomic E-state index is 0.0916. The first kappa shape index (κ1) is 21.3. The minimum atomic E-state index is -0.225. The van der Waals surface area contributed by atoms with E-state index in [-0.39, 0.29) is 18.4 Å². The van der Waals surface area contributed by atoms with Crippen LogP contribution in [0.5, 0.6) is 11.5 Å². The molecule has 144 valence electrons. The minimum Gasteiger partial charge on any atom is -0.508 e. The van der Waals surface area contributed by atoms with Crippen LogP contribution >= 0.6 is 27.5 Å². The first-order valence-corrected chi connectivity index (χ1v) is 9.79. The summed E-state index contributed by atoms with van der Waals surface area (Å²) in [7, 11) is 0. The third-order valence-electron chi connectivity index (χ3n) is 4.02. The summed E-state index contributed by atoms with van der Waals surface area (Å²) in [6, 6.07) is 9.10. The van der Waals surface area contributed by atoms with Gasteiger partial charge in [0.15, 0.2) is 6.61 Å². The SMILES string of the molecule is C=CCNC(=O)COc1cc(Cl)c(Cc2ccc(O)c(C(C)C)c2)c(Br)c1. The van der Waals surface area contributed by atoms with Gasteiger partial charge in [0.1, 0.15) is 11.5 Å². The number of phenols is 1. The molecular formula is C21H23BrClNO3. The summed E-state index contributed by atoms with van der Waals surface area (Å²) in [5, 5.41) is 13.2. The lowest BCUT2D eigenvalue weighted by Crippen LogP contribution is -2.28. The number of hydrogen-bond donors (Lipinski definition) is 2. The predicted octanol–water partition coefficient (Wildman–Crippen LogP) is 5.20. The summed E-state index contributed by atoms with van der Waals surface area (Å²) >= 11 is 9.98. The number of ether oxygens (including phenoxy) is 1. The smallest absolute Gasteiger partial charge is 0.258 e. The van der Waals surface area contributed by atoms with Crippen molar-refractivity contribution in [3.05, 3.63) is 69.2 Å². The Morgan fingerprint density at radius 1 is 1.37 bits per heavy atom. The zero-order chi connectivity index (χ0) is 20.0. The molecule has 2 aromatic carbocycles. The van der Waals surface area contributed by atoms with Crippen LogP contribution in [-0.4, -0.2) is 24.2 Å². The van der Waals surface area contributed by atoms with Crippen molar-refractivity contribution in [2.24, 2.45) is 0 Å². The van der Waals surface area contributed by atoms with Crippen LogP contribution in [0.2, 0.25) is 5.02 Å². The average molecular weight is 453 g/mol. The number of rotatable bonds is 8. The maximum atomic E-state index is 11.6. The molecule has 6 heteroatoms. The van der Waals surface area contributed by atoms with E-state index < -0.39 is 0 Å². The van der Waals surface area contributed by atoms with Crippen LogP contribution in [0.25, 0.3) is 0 Å². The van der Waals surface area contributed by atoms with Crippen molar-refractivity contribution in [1.29, 1.82) is 0 Å². The van der Waals surface area contributed by atoms with Gasteiger partial charge in [0.25, 0.3) is 5.91 Å². The third kappa shape index (κ3) is 6.01. The maximum Gasteiger partial charge on any atom is 0.258 e. The van der Waals surface area contributed by atoms with Crippen LogP contribution < -0.4 is 10.1 Å². The first-order valence-electron chi connectivity index (χ1n) is 8.62. The van der Waals surface area contributed by atoms with Gasteiger partial charge in [-0.05, 0) is 40.8 Å². The van der Waals surface area contributed by atoms with Gasteiger partial charge in [-0.3, -0.25) is 4.79 Å². The molecule has 2 rings (SSSR count). The first-order chi connectivity index (χ1) is 12.8. The van der Waals surface area contributed by atoms with E-state index in [0.717, 1.165) is 21.2 Å². The summed E-state index contributed by atoms with van der Waals surface area (Å²) in [6.45, 7) is 7.93. The molecule has 0 unspecified atom stereocenters. The summed E-state index contributed by atoms with van der Waals surface area (Å²) in [4.78, 5) is 11.6. The molecule has 1 amide bonds. The van der Waals surface area contributed by atoms with Crippen molar-refractivity contribution in [3.8, 4) is 11.5 Å². The number of carbonyl (C=O) groups is 1. The number of carbonyl (C=O) groups excluding carboxylic acids is 1. The molecule has 0 fully saturated rings. The van der Waals surface area contributed by atoms with Gasteiger partial charge in [-0.1, -0.05) is 59.6 Å². The highest BCUT2D eigenvalue weighted by Gasteiger charge is 2.13. The second-order valence-corrected chi connectivity index (χ2v) is 7.73. The molecule has 0 spiro atoms. The Morgan fingerprint density at radius 2 is 2.11 bits per heavy atom. The molecule has 2 N–H and O–H groups in total. The van der Waals surface area contributed by atoms with Crippen LogP contribution in [0.3, 0.4) is 0 Å². The van der Waals surface area contributed by atoms with Crippen molar-refractivity contribution in [2.75, 3.05) is 13.2 Å². The fraction of sp³-hybridized carbons (Fsp3) is 0.286. The van der Waals surface area contributed by atoms with Crippen LogP contribution in [0.1, 0.15) is 36.5 Å². The Labute approximate surface area is 173 Å². The summed E-state index contributed by atoms with van der Waals surface area (Å²) < 4.78 is 6.31. The van der Waals surface area contributed by atoms with E-state index in [1.807, 2.05) is 26.0 Å². The van der Waals surface area contributed by atoms with Gasteiger partial charge in [-0.2, -0.15) is 0 Å². The van der Waals surface area contributed by atoms with Crippen molar-refractivity contribution >= 4 is 33.4 Å². The molecule has 0 saturated carbocycles. The van der Waals surface area contributed by atoms with Gasteiger partial charge in [0, 0.05) is 22.5 Å². The largest absolute Gasteiger partial charge is 0.508 e. The third-order valence-corrected chi connectivity index (χ3v) is 5.07. The summed E-state index contributed by atoms with van der Waals surface area (Å²) in [6.07, 6.45) is 2.22. The van der Waals surface area contributed by atoms with Crippen LogP contribution in [-0.2, 0) is 11.2 Å². The van der Waals surface area contributed by atoms with Crippen molar-refractivity contribution in [2.45, 2.75) is 26.2 Å². The number of nitrogens with one attached hydrogen (secondary N) is 1. The van der Waals surface area contributed by atoms with Gasteiger partial charge in [-0.25, -0.2) is 0 Å². The second kappa shape index (κ2) is 9.81. The number of benzene rings is 2. The van der Waals surface area contributed by atoms with E-state index in [1.165, 1.54) is 0 Å². The Hall–Kier alpha value is -1.98. The lowest BCUT2D eigenvalue weighted by molar-refractivity contribution is -0.122. The molecule has 0 heterocycles. The van der Waals surface area contributed by atoms with E-state index in [0.29, 0.717) is 29.5 Å². The molecule has 27 heavy (non-hydrogen) atoms. The summed E-state index contributed by atoms with van der Waals surface area (Å²) in [5.41, 5.74) is 2.88. The Kier molecular flexibility index (Phi) is 7.75. The molecule has 0 aliphatic rings. The Bertz CT molecular complexity index is 813. The molecule has 0 radical (unpaired) electrons. The number of phenolic OH excluding ortho intramolecular Hbond substituents is 1. The predicted molar refractivity (Wildman–Crippen MR) is 113 cm³/mol. The topological polar surface area (TPSA) is 58.6 Å². The monoisotopic (exact) mass is 451 g/mol. The highest BCUT2D eigenvalue weighted by molar-refractivity contribution is 9.10. The molecule has 0 aromatic heterocycles. The lowest BCUT2D eigenvalue weighted by Gasteiger charge is -2.14. The van der Waals surface area contributed by atoms with Crippen molar-refractivity contribution in [3.63, 3.8) is 0 Å². The lowest BCUT2D eigenvalue weighted by atomic mass is 9.96. The highest BCUT2D eigenvalue weighted by atomic mass is 79.9.